The predicted octanol–water partition coefficient (Wildman–Crippen LogP) is 1.39. The third-order valence-electron chi connectivity index (χ3n) is 5.31. The van der Waals surface area contributed by atoms with E-state index in [9.17, 15) is 14.4 Å². The number of carbonyl (C=O) groups is 2. The molecule has 0 bridgehead atoms. The lowest BCUT2D eigenvalue weighted by atomic mass is 10.1. The summed E-state index contributed by atoms with van der Waals surface area (Å²) in [7, 11) is 2.01. The van der Waals surface area contributed by atoms with Crippen molar-refractivity contribution >= 4 is 28.3 Å². The number of aromatic nitrogens is 2. The molecule has 1 saturated heterocycles. The number of benzene rings is 2. The van der Waals surface area contributed by atoms with Crippen molar-refractivity contribution in [1.29, 1.82) is 0 Å². The van der Waals surface area contributed by atoms with Crippen molar-refractivity contribution in [2.45, 2.75) is 12.5 Å². The second-order valence-electron chi connectivity index (χ2n) is 7.43. The van der Waals surface area contributed by atoms with Crippen molar-refractivity contribution in [3.63, 3.8) is 0 Å². The van der Waals surface area contributed by atoms with E-state index in [-0.39, 0.29) is 23.6 Å². The number of carbonyl (C=O) groups excluding carboxylic acids is 2. The minimum absolute atomic E-state index is 0.0108. The van der Waals surface area contributed by atoms with Crippen LogP contribution < -0.4 is 16.2 Å². The molecule has 1 fully saturated rings. The van der Waals surface area contributed by atoms with Crippen LogP contribution in [0.15, 0.2) is 53.3 Å². The van der Waals surface area contributed by atoms with Gasteiger partial charge in [-0.05, 0) is 25.2 Å². The van der Waals surface area contributed by atoms with Crippen LogP contribution in [-0.2, 0) is 4.79 Å². The minimum atomic E-state index is -0.424. The van der Waals surface area contributed by atoms with Crippen LogP contribution in [0.1, 0.15) is 22.6 Å². The molecule has 30 heavy (non-hydrogen) atoms. The molecule has 2 aromatic carbocycles. The fourth-order valence-corrected chi connectivity index (χ4v) is 3.57. The number of anilines is 1. The van der Waals surface area contributed by atoms with Crippen LogP contribution in [0.4, 0.5) is 5.69 Å². The fourth-order valence-electron chi connectivity index (χ4n) is 3.57. The second-order valence-corrected chi connectivity index (χ2v) is 7.43. The molecule has 154 valence electrons. The molecule has 8 heteroatoms. The molecular formula is C22H23N5O3. The number of nitrogens with one attached hydrogen (secondary N) is 3. The molecule has 3 aromatic rings. The normalized spacial score (nSPS) is 17.0. The number of H-pyrrole nitrogens is 1. The van der Waals surface area contributed by atoms with Crippen LogP contribution in [0.3, 0.4) is 0 Å². The van der Waals surface area contributed by atoms with Crippen LogP contribution in [0.5, 0.6) is 0 Å². The summed E-state index contributed by atoms with van der Waals surface area (Å²) in [5.41, 5.74) is 0.943. The number of rotatable bonds is 5. The first-order chi connectivity index (χ1) is 14.5. The molecule has 1 amide bonds. The van der Waals surface area contributed by atoms with Gasteiger partial charge in [-0.15, -0.1) is 0 Å². The highest BCUT2D eigenvalue weighted by atomic mass is 16.2. The van der Waals surface area contributed by atoms with Crippen molar-refractivity contribution < 1.29 is 9.59 Å². The Kier molecular flexibility index (Phi) is 5.69. The number of likely N-dealkylation sites (N-methyl/N-ethyl adjacent to an activating group) is 1. The fraction of sp³-hybridized carbons (Fsp3) is 0.273. The third-order valence-corrected chi connectivity index (χ3v) is 5.31. The number of amides is 1. The Morgan fingerprint density at radius 2 is 2.00 bits per heavy atom. The molecular weight excluding hydrogens is 382 g/mol. The summed E-state index contributed by atoms with van der Waals surface area (Å²) in [6.07, 6.45) is 0.362. The second kappa shape index (κ2) is 8.56. The van der Waals surface area contributed by atoms with Gasteiger partial charge < -0.3 is 20.5 Å². The zero-order valence-corrected chi connectivity index (χ0v) is 16.6. The van der Waals surface area contributed by atoms with Crippen molar-refractivity contribution in [3.8, 4) is 0 Å². The van der Waals surface area contributed by atoms with Gasteiger partial charge in [0.25, 0.3) is 5.56 Å². The SMILES string of the molecule is CN1CCNCC1CC(=O)Nc1ccc2nc(C(=O)c3ccccc3)[nH]c(=O)c2c1. The van der Waals surface area contributed by atoms with Gasteiger partial charge in [-0.25, -0.2) is 4.98 Å². The van der Waals surface area contributed by atoms with E-state index in [1.807, 2.05) is 13.1 Å². The molecule has 1 unspecified atom stereocenters. The van der Waals surface area contributed by atoms with E-state index in [0.29, 0.717) is 28.6 Å². The van der Waals surface area contributed by atoms with Gasteiger partial charge in [0.2, 0.25) is 11.7 Å². The summed E-state index contributed by atoms with van der Waals surface area (Å²) in [6, 6.07) is 13.7. The average Bonchev–Trinajstić information content (AvgIpc) is 2.76. The predicted molar refractivity (Wildman–Crippen MR) is 115 cm³/mol. The number of piperazine rings is 1. The van der Waals surface area contributed by atoms with Crippen LogP contribution in [-0.4, -0.2) is 59.3 Å². The van der Waals surface area contributed by atoms with Crippen molar-refractivity contribution in [3.05, 3.63) is 70.3 Å². The summed E-state index contributed by atoms with van der Waals surface area (Å²) < 4.78 is 0. The van der Waals surface area contributed by atoms with E-state index in [4.69, 9.17) is 0 Å². The smallest absolute Gasteiger partial charge is 0.259 e. The highest BCUT2D eigenvalue weighted by molar-refractivity contribution is 6.07. The maximum Gasteiger partial charge on any atom is 0.259 e. The Bertz CT molecular complexity index is 1140. The maximum absolute atomic E-state index is 12.6. The monoisotopic (exact) mass is 405 g/mol. The zero-order chi connectivity index (χ0) is 21.1. The Balaban J connectivity index is 1.53. The first-order valence-corrected chi connectivity index (χ1v) is 9.86. The molecule has 4 rings (SSSR count). The van der Waals surface area contributed by atoms with Crippen molar-refractivity contribution in [2.24, 2.45) is 0 Å². The number of ketones is 1. The Hall–Kier alpha value is -3.36. The number of aromatic amines is 1. The Morgan fingerprint density at radius 1 is 1.20 bits per heavy atom. The number of fused-ring (bicyclic) bond motifs is 1. The highest BCUT2D eigenvalue weighted by Crippen LogP contribution is 2.16. The van der Waals surface area contributed by atoms with E-state index < -0.39 is 5.56 Å². The third kappa shape index (κ3) is 4.29. The van der Waals surface area contributed by atoms with Gasteiger partial charge in [-0.2, -0.15) is 0 Å². The van der Waals surface area contributed by atoms with Crippen LogP contribution in [0.25, 0.3) is 10.9 Å². The van der Waals surface area contributed by atoms with Gasteiger partial charge in [0, 0.05) is 43.3 Å². The minimum Gasteiger partial charge on any atom is -0.326 e. The standard InChI is InChI=1S/C22H23N5O3/c1-27-10-9-23-13-16(27)12-19(28)24-15-7-8-18-17(11-15)22(30)26-21(25-18)20(29)14-5-3-2-4-6-14/h2-8,11,16,23H,9-10,12-13H2,1H3,(H,24,28)(H,25,26,30). The molecule has 0 aliphatic carbocycles. The van der Waals surface area contributed by atoms with Crippen LogP contribution >= 0.6 is 0 Å². The lowest BCUT2D eigenvalue weighted by Crippen LogP contribution is -2.50. The number of hydrogen-bond acceptors (Lipinski definition) is 6. The zero-order valence-electron chi connectivity index (χ0n) is 16.6. The van der Waals surface area contributed by atoms with E-state index in [1.54, 1.807) is 42.5 Å². The number of hydrogen-bond donors (Lipinski definition) is 3. The topological polar surface area (TPSA) is 107 Å². The molecule has 1 aliphatic heterocycles. The lowest BCUT2D eigenvalue weighted by Gasteiger charge is -2.32. The van der Waals surface area contributed by atoms with Gasteiger partial charge in [0.15, 0.2) is 5.82 Å². The van der Waals surface area contributed by atoms with E-state index >= 15 is 0 Å². The van der Waals surface area contributed by atoms with E-state index in [1.165, 1.54) is 0 Å². The van der Waals surface area contributed by atoms with Crippen LogP contribution in [0, 0.1) is 0 Å². The Morgan fingerprint density at radius 3 is 2.77 bits per heavy atom. The molecule has 0 radical (unpaired) electrons. The Labute approximate surface area is 173 Å². The molecule has 0 saturated carbocycles. The molecule has 8 nitrogen and oxygen atoms in total. The van der Waals surface area contributed by atoms with Gasteiger partial charge in [-0.3, -0.25) is 14.4 Å². The highest BCUT2D eigenvalue weighted by Gasteiger charge is 2.21. The summed E-state index contributed by atoms with van der Waals surface area (Å²) in [5.74, 6) is -0.476. The first kappa shape index (κ1) is 19.9. The van der Waals surface area contributed by atoms with Crippen molar-refractivity contribution in [2.75, 3.05) is 32.0 Å². The van der Waals surface area contributed by atoms with Gasteiger partial charge >= 0.3 is 0 Å². The lowest BCUT2D eigenvalue weighted by molar-refractivity contribution is -0.117. The average molecular weight is 405 g/mol. The molecule has 0 spiro atoms. The summed E-state index contributed by atoms with van der Waals surface area (Å²) >= 11 is 0. The van der Waals surface area contributed by atoms with Gasteiger partial charge in [0.05, 0.1) is 10.9 Å². The van der Waals surface area contributed by atoms with Gasteiger partial charge in [0.1, 0.15) is 0 Å². The molecule has 2 heterocycles. The first-order valence-electron chi connectivity index (χ1n) is 9.86. The number of nitrogens with zero attached hydrogens (tertiary/aromatic N) is 2. The quantitative estimate of drug-likeness (QED) is 0.554. The van der Waals surface area contributed by atoms with E-state index in [2.05, 4.69) is 25.5 Å². The van der Waals surface area contributed by atoms with Gasteiger partial charge in [-0.1, -0.05) is 30.3 Å². The molecule has 3 N–H and O–H groups in total. The van der Waals surface area contributed by atoms with Crippen LogP contribution in [0.2, 0.25) is 0 Å². The molecule has 1 aromatic heterocycles. The molecule has 1 aliphatic rings. The summed E-state index contributed by atoms with van der Waals surface area (Å²) in [5, 5.41) is 6.45. The largest absolute Gasteiger partial charge is 0.326 e. The van der Waals surface area contributed by atoms with E-state index in [0.717, 1.165) is 19.6 Å². The maximum atomic E-state index is 12.6. The summed E-state index contributed by atoms with van der Waals surface area (Å²) in [4.78, 5) is 46.6. The van der Waals surface area contributed by atoms with Crippen molar-refractivity contribution in [1.82, 2.24) is 20.2 Å². The molecule has 1 atom stereocenters. The summed E-state index contributed by atoms with van der Waals surface area (Å²) in [6.45, 7) is 2.59.